The minimum Gasteiger partial charge on any atom is -0.489 e. The van der Waals surface area contributed by atoms with Crippen molar-refractivity contribution in [3.05, 3.63) is 71.3 Å². The van der Waals surface area contributed by atoms with Gasteiger partial charge in [0, 0.05) is 11.6 Å². The monoisotopic (exact) mass is 266 g/mol. The molecule has 0 saturated carbocycles. The zero-order valence-electron chi connectivity index (χ0n) is 10.9. The summed E-state index contributed by atoms with van der Waals surface area (Å²) in [5.74, 6) is 0.465. The highest BCUT2D eigenvalue weighted by Gasteiger charge is 2.09. The summed E-state index contributed by atoms with van der Waals surface area (Å²) in [6, 6.07) is 15.8. The number of fused-ring (bicyclic) bond motifs is 1. The summed E-state index contributed by atoms with van der Waals surface area (Å²) in [6.45, 7) is 0.805. The van der Waals surface area contributed by atoms with E-state index in [0.29, 0.717) is 6.61 Å². The van der Waals surface area contributed by atoms with E-state index < -0.39 is 0 Å². The van der Waals surface area contributed by atoms with E-state index in [2.05, 4.69) is 0 Å². The van der Waals surface area contributed by atoms with E-state index in [0.717, 1.165) is 22.4 Å². The maximum Gasteiger partial charge on any atom is 0.331 e. The maximum atomic E-state index is 11.2. The van der Waals surface area contributed by atoms with Crippen LogP contribution in [0.15, 0.2) is 54.6 Å². The molecule has 3 heteroatoms. The third-order valence-electron chi connectivity index (χ3n) is 3.13. The molecule has 0 unspecified atom stereocenters. The average molecular weight is 266 g/mol. The zero-order valence-corrected chi connectivity index (χ0v) is 10.9. The summed E-state index contributed by atoms with van der Waals surface area (Å²) in [6.07, 6.45) is 3.21. The summed E-state index contributed by atoms with van der Waals surface area (Å²) in [7, 11) is 0. The first kappa shape index (κ1) is 12.5. The van der Waals surface area contributed by atoms with Crippen molar-refractivity contribution < 1.29 is 14.3 Å². The van der Waals surface area contributed by atoms with Crippen molar-refractivity contribution in [3.8, 4) is 5.75 Å². The van der Waals surface area contributed by atoms with Gasteiger partial charge >= 0.3 is 5.97 Å². The highest BCUT2D eigenvalue weighted by Crippen LogP contribution is 2.22. The van der Waals surface area contributed by atoms with E-state index in [-0.39, 0.29) is 12.6 Å². The second-order valence-electron chi connectivity index (χ2n) is 4.58. The smallest absolute Gasteiger partial charge is 0.331 e. The van der Waals surface area contributed by atoms with Gasteiger partial charge in [-0.1, -0.05) is 36.4 Å². The number of hydrogen-bond acceptors (Lipinski definition) is 3. The van der Waals surface area contributed by atoms with Crippen LogP contribution in [0.5, 0.6) is 5.75 Å². The molecule has 0 bridgehead atoms. The number of carbonyl (C=O) groups excluding carboxylic acids is 1. The number of rotatable bonds is 3. The molecule has 0 saturated heterocycles. The lowest BCUT2D eigenvalue weighted by Crippen LogP contribution is -2.00. The molecule has 1 aliphatic rings. The molecule has 20 heavy (non-hydrogen) atoms. The summed E-state index contributed by atoms with van der Waals surface area (Å²) in [5, 5.41) is 0. The number of cyclic esters (lactones) is 1. The van der Waals surface area contributed by atoms with Crippen molar-refractivity contribution in [2.45, 2.75) is 13.2 Å². The molecule has 3 nitrogen and oxygen atoms in total. The predicted molar refractivity (Wildman–Crippen MR) is 76.0 cm³/mol. The molecular formula is C17H14O3. The Labute approximate surface area is 117 Å². The number of hydrogen-bond donors (Lipinski definition) is 0. The van der Waals surface area contributed by atoms with Crippen LogP contribution in [0.3, 0.4) is 0 Å². The lowest BCUT2D eigenvalue weighted by Gasteiger charge is -2.09. The van der Waals surface area contributed by atoms with Gasteiger partial charge in [0.05, 0.1) is 0 Å². The maximum absolute atomic E-state index is 11.2. The SMILES string of the molecule is O=C1C=Cc2ccc(OCc3ccccc3)cc2CO1. The van der Waals surface area contributed by atoms with Crippen LogP contribution < -0.4 is 4.74 Å². The van der Waals surface area contributed by atoms with Gasteiger partial charge in [-0.2, -0.15) is 0 Å². The van der Waals surface area contributed by atoms with Crippen LogP contribution in [-0.2, 0) is 22.7 Å². The van der Waals surface area contributed by atoms with Crippen molar-refractivity contribution >= 4 is 12.0 Å². The Morgan fingerprint density at radius 1 is 1.05 bits per heavy atom. The highest BCUT2D eigenvalue weighted by atomic mass is 16.5. The van der Waals surface area contributed by atoms with Crippen molar-refractivity contribution in [2.75, 3.05) is 0 Å². The summed E-state index contributed by atoms with van der Waals surface area (Å²) in [5.41, 5.74) is 3.06. The van der Waals surface area contributed by atoms with Crippen LogP contribution in [-0.4, -0.2) is 5.97 Å². The van der Waals surface area contributed by atoms with Gasteiger partial charge in [0.1, 0.15) is 19.0 Å². The molecule has 0 aromatic heterocycles. The first-order chi connectivity index (χ1) is 9.81. The molecule has 1 aliphatic heterocycles. The van der Waals surface area contributed by atoms with E-state index in [4.69, 9.17) is 9.47 Å². The van der Waals surface area contributed by atoms with Crippen molar-refractivity contribution in [2.24, 2.45) is 0 Å². The molecule has 0 fully saturated rings. The third kappa shape index (κ3) is 2.88. The van der Waals surface area contributed by atoms with Crippen LogP contribution in [0.2, 0.25) is 0 Å². The minimum atomic E-state index is -0.312. The summed E-state index contributed by atoms with van der Waals surface area (Å²) in [4.78, 5) is 11.2. The highest BCUT2D eigenvalue weighted by molar-refractivity contribution is 5.88. The van der Waals surface area contributed by atoms with Gasteiger partial charge in [-0.3, -0.25) is 0 Å². The van der Waals surface area contributed by atoms with Crippen molar-refractivity contribution in [1.82, 2.24) is 0 Å². The number of esters is 1. The van der Waals surface area contributed by atoms with Gasteiger partial charge in [0.25, 0.3) is 0 Å². The second-order valence-corrected chi connectivity index (χ2v) is 4.58. The topological polar surface area (TPSA) is 35.5 Å². The van der Waals surface area contributed by atoms with Gasteiger partial charge in [0.2, 0.25) is 0 Å². The van der Waals surface area contributed by atoms with E-state index >= 15 is 0 Å². The third-order valence-corrected chi connectivity index (χ3v) is 3.13. The van der Waals surface area contributed by atoms with Gasteiger partial charge in [-0.15, -0.1) is 0 Å². The van der Waals surface area contributed by atoms with E-state index in [1.165, 1.54) is 6.08 Å². The Morgan fingerprint density at radius 3 is 2.75 bits per heavy atom. The lowest BCUT2D eigenvalue weighted by atomic mass is 10.1. The van der Waals surface area contributed by atoms with Crippen molar-refractivity contribution in [3.63, 3.8) is 0 Å². The molecule has 2 aromatic carbocycles. The van der Waals surface area contributed by atoms with Gasteiger partial charge in [-0.25, -0.2) is 4.79 Å². The van der Waals surface area contributed by atoms with Gasteiger partial charge in [0.15, 0.2) is 0 Å². The molecule has 0 N–H and O–H groups in total. The van der Waals surface area contributed by atoms with Crippen molar-refractivity contribution in [1.29, 1.82) is 0 Å². The van der Waals surface area contributed by atoms with Crippen LogP contribution >= 0.6 is 0 Å². The standard InChI is InChI=1S/C17H14O3/c18-17-9-7-14-6-8-16(10-15(14)12-20-17)19-11-13-4-2-1-3-5-13/h1-10H,11-12H2. The van der Waals surface area contributed by atoms with E-state index in [1.54, 1.807) is 6.08 Å². The molecule has 0 radical (unpaired) electrons. The Hall–Kier alpha value is -2.55. The predicted octanol–water partition coefficient (Wildman–Crippen LogP) is 3.34. The molecule has 0 amide bonds. The Bertz CT molecular complexity index is 645. The normalized spacial score (nSPS) is 13.3. The molecule has 0 atom stereocenters. The van der Waals surface area contributed by atoms with Gasteiger partial charge in [-0.05, 0) is 29.3 Å². The molecule has 0 aliphatic carbocycles. The van der Waals surface area contributed by atoms with Crippen LogP contribution in [0.25, 0.3) is 6.08 Å². The molecular weight excluding hydrogens is 252 g/mol. The van der Waals surface area contributed by atoms with Gasteiger partial charge < -0.3 is 9.47 Å². The molecule has 3 rings (SSSR count). The van der Waals surface area contributed by atoms with Crippen LogP contribution in [0.4, 0.5) is 0 Å². The minimum absolute atomic E-state index is 0.281. The van der Waals surface area contributed by atoms with E-state index in [1.807, 2.05) is 48.5 Å². The molecule has 100 valence electrons. The quantitative estimate of drug-likeness (QED) is 0.799. The average Bonchev–Trinajstić information content (AvgIpc) is 2.68. The fourth-order valence-electron chi connectivity index (χ4n) is 2.06. The summed E-state index contributed by atoms with van der Waals surface area (Å²) < 4.78 is 10.8. The molecule has 2 aromatic rings. The Balaban J connectivity index is 1.73. The fraction of sp³-hybridized carbons (Fsp3) is 0.118. The first-order valence-corrected chi connectivity index (χ1v) is 6.46. The molecule has 0 spiro atoms. The summed E-state index contributed by atoms with van der Waals surface area (Å²) >= 11 is 0. The van der Waals surface area contributed by atoms with Crippen LogP contribution in [0, 0.1) is 0 Å². The largest absolute Gasteiger partial charge is 0.489 e. The van der Waals surface area contributed by atoms with Crippen LogP contribution in [0.1, 0.15) is 16.7 Å². The lowest BCUT2D eigenvalue weighted by molar-refractivity contribution is -0.138. The number of ether oxygens (including phenoxy) is 2. The second kappa shape index (κ2) is 5.61. The Kier molecular flexibility index (Phi) is 3.50. The number of benzene rings is 2. The zero-order chi connectivity index (χ0) is 13.8. The number of carbonyl (C=O) groups is 1. The fourth-order valence-corrected chi connectivity index (χ4v) is 2.06. The Morgan fingerprint density at radius 2 is 1.90 bits per heavy atom. The first-order valence-electron chi connectivity index (χ1n) is 6.46. The molecule has 1 heterocycles. The van der Waals surface area contributed by atoms with E-state index in [9.17, 15) is 4.79 Å².